The van der Waals surface area contributed by atoms with Gasteiger partial charge in [0.1, 0.15) is 0 Å². The van der Waals surface area contributed by atoms with E-state index in [-0.39, 0.29) is 12.2 Å². The number of halogens is 2. The van der Waals surface area contributed by atoms with E-state index >= 15 is 0 Å². The van der Waals surface area contributed by atoms with Gasteiger partial charge in [0.15, 0.2) is 17.4 Å². The molecule has 0 saturated heterocycles. The summed E-state index contributed by atoms with van der Waals surface area (Å²) in [7, 11) is 0. The number of hydrogen-bond donors (Lipinski definition) is 0. The quantitative estimate of drug-likeness (QED) is 0.577. The van der Waals surface area contributed by atoms with Crippen LogP contribution in [0.15, 0.2) is 6.07 Å². The first-order valence-electron chi connectivity index (χ1n) is 4.24. The number of ether oxygens (including phenoxy) is 1. The molecule has 0 unspecified atom stereocenters. The highest BCUT2D eigenvalue weighted by atomic mass is 19.1. The zero-order valence-corrected chi connectivity index (χ0v) is 8.21. The molecule has 0 N–H and O–H groups in total. The Kier molecular flexibility index (Phi) is 3.18. The number of nitrogens with zero attached hydrogens (tertiary/aromatic N) is 1. The van der Waals surface area contributed by atoms with Gasteiger partial charge in [-0.3, -0.25) is 10.1 Å². The molecular formula is C9H9F2NO3. The second kappa shape index (κ2) is 4.20. The minimum absolute atomic E-state index is 0.0884. The number of benzene rings is 1. The number of nitro groups is 1. The molecular weight excluding hydrogens is 208 g/mol. The Morgan fingerprint density at radius 2 is 2.13 bits per heavy atom. The first-order chi connectivity index (χ1) is 6.99. The van der Waals surface area contributed by atoms with Crippen LogP contribution >= 0.6 is 0 Å². The smallest absolute Gasteiger partial charge is 0.278 e. The fraction of sp³-hybridized carbons (Fsp3) is 0.333. The van der Waals surface area contributed by atoms with Gasteiger partial charge in [0.05, 0.1) is 23.2 Å². The molecule has 0 fully saturated rings. The maximum Gasteiger partial charge on any atom is 0.278 e. The minimum atomic E-state index is -1.06. The van der Waals surface area contributed by atoms with E-state index in [4.69, 9.17) is 4.74 Å². The van der Waals surface area contributed by atoms with Crippen LogP contribution in [0.3, 0.4) is 0 Å². The summed E-state index contributed by atoms with van der Waals surface area (Å²) < 4.78 is 31.3. The molecule has 0 amide bonds. The SMILES string of the molecule is CCOc1c(F)cc([N+](=O)[O-])c(C)c1F. The highest BCUT2D eigenvalue weighted by Gasteiger charge is 2.23. The highest BCUT2D eigenvalue weighted by Crippen LogP contribution is 2.31. The number of hydrogen-bond acceptors (Lipinski definition) is 3. The Morgan fingerprint density at radius 3 is 2.60 bits per heavy atom. The van der Waals surface area contributed by atoms with Crippen LogP contribution in [0, 0.1) is 28.7 Å². The maximum absolute atomic E-state index is 13.4. The molecule has 1 aromatic carbocycles. The molecule has 4 nitrogen and oxygen atoms in total. The van der Waals surface area contributed by atoms with Gasteiger partial charge < -0.3 is 4.74 Å². The molecule has 0 heterocycles. The van der Waals surface area contributed by atoms with Gasteiger partial charge in [0.25, 0.3) is 5.69 Å². The van der Waals surface area contributed by atoms with Crippen LogP contribution in [0.4, 0.5) is 14.5 Å². The maximum atomic E-state index is 13.4. The van der Waals surface area contributed by atoms with Gasteiger partial charge in [-0.1, -0.05) is 0 Å². The van der Waals surface area contributed by atoms with Crippen molar-refractivity contribution in [2.45, 2.75) is 13.8 Å². The predicted molar refractivity (Wildman–Crippen MR) is 48.9 cm³/mol. The van der Waals surface area contributed by atoms with E-state index in [1.165, 1.54) is 6.92 Å². The second-order valence-corrected chi connectivity index (χ2v) is 2.84. The summed E-state index contributed by atoms with van der Waals surface area (Å²) in [4.78, 5) is 9.59. The normalized spacial score (nSPS) is 10.1. The highest BCUT2D eigenvalue weighted by molar-refractivity contribution is 5.46. The molecule has 0 aliphatic heterocycles. The third-order valence-electron chi connectivity index (χ3n) is 1.88. The lowest BCUT2D eigenvalue weighted by Crippen LogP contribution is -2.03. The molecule has 0 spiro atoms. The van der Waals surface area contributed by atoms with E-state index in [1.807, 2.05) is 0 Å². The molecule has 82 valence electrons. The zero-order chi connectivity index (χ0) is 11.6. The first-order valence-corrected chi connectivity index (χ1v) is 4.24. The number of nitro benzene ring substituents is 1. The van der Waals surface area contributed by atoms with Crippen molar-refractivity contribution < 1.29 is 18.4 Å². The summed E-state index contributed by atoms with van der Waals surface area (Å²) in [6.07, 6.45) is 0. The standard InChI is InChI=1S/C9H9F2NO3/c1-3-15-9-6(10)4-7(12(13)14)5(2)8(9)11/h4H,3H2,1-2H3. The van der Waals surface area contributed by atoms with Crippen molar-refractivity contribution in [3.8, 4) is 5.75 Å². The lowest BCUT2D eigenvalue weighted by molar-refractivity contribution is -0.385. The zero-order valence-electron chi connectivity index (χ0n) is 8.21. The molecule has 15 heavy (non-hydrogen) atoms. The van der Waals surface area contributed by atoms with Crippen molar-refractivity contribution in [2.24, 2.45) is 0 Å². The van der Waals surface area contributed by atoms with Crippen LogP contribution in [0.25, 0.3) is 0 Å². The lowest BCUT2D eigenvalue weighted by atomic mass is 10.1. The van der Waals surface area contributed by atoms with E-state index in [0.717, 1.165) is 0 Å². The molecule has 0 aromatic heterocycles. The fourth-order valence-electron chi connectivity index (χ4n) is 1.15. The van der Waals surface area contributed by atoms with Crippen LogP contribution < -0.4 is 4.74 Å². The largest absolute Gasteiger partial charge is 0.488 e. The van der Waals surface area contributed by atoms with E-state index in [0.29, 0.717) is 6.07 Å². The van der Waals surface area contributed by atoms with Crippen molar-refractivity contribution in [2.75, 3.05) is 6.61 Å². The molecule has 0 atom stereocenters. The fourth-order valence-corrected chi connectivity index (χ4v) is 1.15. The average molecular weight is 217 g/mol. The second-order valence-electron chi connectivity index (χ2n) is 2.84. The lowest BCUT2D eigenvalue weighted by Gasteiger charge is -2.07. The van der Waals surface area contributed by atoms with E-state index in [1.54, 1.807) is 6.92 Å². The summed E-state index contributed by atoms with van der Waals surface area (Å²) in [6.45, 7) is 2.86. The van der Waals surface area contributed by atoms with Gasteiger partial charge in [-0.25, -0.2) is 8.78 Å². The monoisotopic (exact) mass is 217 g/mol. The Balaban J connectivity index is 3.37. The Bertz CT molecular complexity index is 407. The summed E-state index contributed by atoms with van der Waals surface area (Å²) in [5.74, 6) is -2.66. The van der Waals surface area contributed by atoms with E-state index in [2.05, 4.69) is 0 Å². The summed E-state index contributed by atoms with van der Waals surface area (Å²) in [5.41, 5.74) is -0.821. The molecule has 0 radical (unpaired) electrons. The van der Waals surface area contributed by atoms with E-state index < -0.39 is 28.0 Å². The third kappa shape index (κ3) is 2.03. The van der Waals surface area contributed by atoms with Gasteiger partial charge >= 0.3 is 0 Å². The molecule has 0 bridgehead atoms. The minimum Gasteiger partial charge on any atom is -0.488 e. The van der Waals surface area contributed by atoms with Crippen molar-refractivity contribution in [1.82, 2.24) is 0 Å². The van der Waals surface area contributed by atoms with E-state index in [9.17, 15) is 18.9 Å². The van der Waals surface area contributed by atoms with Gasteiger partial charge in [0, 0.05) is 0 Å². The van der Waals surface area contributed by atoms with Gasteiger partial charge in [-0.15, -0.1) is 0 Å². The molecule has 0 saturated carbocycles. The van der Waals surface area contributed by atoms with Gasteiger partial charge in [0.2, 0.25) is 0 Å². The van der Waals surface area contributed by atoms with Crippen molar-refractivity contribution in [3.05, 3.63) is 33.4 Å². The Labute approximate surface area is 84.6 Å². The molecule has 1 rings (SSSR count). The third-order valence-corrected chi connectivity index (χ3v) is 1.88. The summed E-state index contributed by atoms with van der Waals surface area (Å²) in [5, 5.41) is 10.4. The van der Waals surface area contributed by atoms with Crippen LogP contribution in [-0.2, 0) is 0 Å². The van der Waals surface area contributed by atoms with Crippen LogP contribution in [0.2, 0.25) is 0 Å². The molecule has 6 heteroatoms. The molecule has 1 aromatic rings. The summed E-state index contributed by atoms with van der Waals surface area (Å²) >= 11 is 0. The molecule has 0 aliphatic carbocycles. The van der Waals surface area contributed by atoms with Crippen molar-refractivity contribution in [1.29, 1.82) is 0 Å². The van der Waals surface area contributed by atoms with Crippen molar-refractivity contribution in [3.63, 3.8) is 0 Å². The van der Waals surface area contributed by atoms with Crippen LogP contribution in [0.1, 0.15) is 12.5 Å². The number of rotatable bonds is 3. The topological polar surface area (TPSA) is 52.4 Å². The van der Waals surface area contributed by atoms with Crippen LogP contribution in [-0.4, -0.2) is 11.5 Å². The predicted octanol–water partition coefficient (Wildman–Crippen LogP) is 2.58. The van der Waals surface area contributed by atoms with Gasteiger partial charge in [-0.2, -0.15) is 0 Å². The van der Waals surface area contributed by atoms with Gasteiger partial charge in [-0.05, 0) is 13.8 Å². The first kappa shape index (κ1) is 11.4. The molecule has 0 aliphatic rings. The average Bonchev–Trinajstić information content (AvgIpc) is 2.18. The Morgan fingerprint density at radius 1 is 1.53 bits per heavy atom. The van der Waals surface area contributed by atoms with Crippen molar-refractivity contribution >= 4 is 5.69 Å². The van der Waals surface area contributed by atoms with Crippen LogP contribution in [0.5, 0.6) is 5.75 Å². The summed E-state index contributed by atoms with van der Waals surface area (Å²) in [6, 6.07) is 0.656. The Hall–Kier alpha value is -1.72.